The lowest BCUT2D eigenvalue weighted by molar-refractivity contribution is 0.414. The molecule has 0 amide bonds. The molecule has 0 saturated carbocycles. The second-order valence-electron chi connectivity index (χ2n) is 8.33. The first-order chi connectivity index (χ1) is 16.8. The quantitative estimate of drug-likeness (QED) is 0.308. The van der Waals surface area contributed by atoms with Crippen LogP contribution in [-0.2, 0) is 0 Å². The fourth-order valence-corrected chi connectivity index (χ4v) is 4.97. The van der Waals surface area contributed by atoms with E-state index in [0.29, 0.717) is 0 Å². The highest BCUT2D eigenvalue weighted by Crippen LogP contribution is 2.37. The van der Waals surface area contributed by atoms with Gasteiger partial charge in [-0.15, -0.1) is 0 Å². The maximum Gasteiger partial charge on any atom is 0.149 e. The van der Waals surface area contributed by atoms with Crippen molar-refractivity contribution in [3.63, 3.8) is 0 Å². The first-order valence-corrected chi connectivity index (χ1v) is 11.2. The number of ether oxygens (including phenoxy) is 1. The normalized spacial score (nSPS) is 11.7. The molecule has 0 aliphatic heterocycles. The summed E-state index contributed by atoms with van der Waals surface area (Å²) in [6, 6.07) is 33.3. The fourth-order valence-electron chi connectivity index (χ4n) is 4.97. The molecule has 0 aliphatic rings. The molecule has 0 saturated heterocycles. The molecule has 0 radical (unpaired) electrons. The van der Waals surface area contributed by atoms with E-state index in [1.54, 1.807) is 7.11 Å². The summed E-state index contributed by atoms with van der Waals surface area (Å²) in [5.41, 5.74) is 6.95. The average Bonchev–Trinajstić information content (AvgIpc) is 3.40. The maximum atomic E-state index is 5.51. The molecule has 7 aromatic rings. The fraction of sp³-hybridized carbons (Fsp3) is 0.0345. The van der Waals surface area contributed by atoms with Gasteiger partial charge in [-0.05, 0) is 48.5 Å². The second kappa shape index (κ2) is 7.18. The highest BCUT2D eigenvalue weighted by molar-refractivity contribution is 6.15. The number of pyridine rings is 2. The van der Waals surface area contributed by atoms with Crippen LogP contribution >= 0.6 is 0 Å². The van der Waals surface area contributed by atoms with Crippen LogP contribution in [0.25, 0.3) is 55.4 Å². The third kappa shape index (κ3) is 2.61. The molecule has 0 spiro atoms. The summed E-state index contributed by atoms with van der Waals surface area (Å²) >= 11 is 0. The Hall–Kier alpha value is -4.64. The van der Waals surface area contributed by atoms with E-state index >= 15 is 0 Å². The third-order valence-electron chi connectivity index (χ3n) is 6.45. The highest BCUT2D eigenvalue weighted by atomic mass is 16.5. The molecular formula is C29H20N4O. The van der Waals surface area contributed by atoms with Crippen LogP contribution in [0, 0.1) is 0 Å². The van der Waals surface area contributed by atoms with Crippen LogP contribution in [-0.4, -0.2) is 26.2 Å². The van der Waals surface area contributed by atoms with Crippen LogP contribution < -0.4 is 4.74 Å². The first-order valence-electron chi connectivity index (χ1n) is 11.2. The number of fused-ring (bicyclic) bond motifs is 6. The van der Waals surface area contributed by atoms with E-state index in [0.717, 1.165) is 55.7 Å². The molecule has 34 heavy (non-hydrogen) atoms. The molecule has 0 unspecified atom stereocenters. The summed E-state index contributed by atoms with van der Waals surface area (Å²) in [5.74, 6) is 0.802. The number of benzene rings is 3. The molecule has 0 aliphatic carbocycles. The van der Waals surface area contributed by atoms with Crippen molar-refractivity contribution in [1.82, 2.24) is 19.1 Å². The number of aromatic nitrogens is 4. The van der Waals surface area contributed by atoms with Gasteiger partial charge in [-0.2, -0.15) is 0 Å². The number of nitrogens with zero attached hydrogens (tertiary/aromatic N) is 4. The van der Waals surface area contributed by atoms with Crippen LogP contribution in [0.2, 0.25) is 0 Å². The highest BCUT2D eigenvalue weighted by Gasteiger charge is 2.20. The summed E-state index contributed by atoms with van der Waals surface area (Å²) in [6.45, 7) is 0. The lowest BCUT2D eigenvalue weighted by atomic mass is 10.1. The zero-order valence-corrected chi connectivity index (χ0v) is 18.5. The van der Waals surface area contributed by atoms with Crippen LogP contribution in [0.4, 0.5) is 0 Å². The van der Waals surface area contributed by atoms with Gasteiger partial charge in [-0.1, -0.05) is 42.5 Å². The minimum Gasteiger partial charge on any atom is -0.497 e. The smallest absolute Gasteiger partial charge is 0.149 e. The molecule has 5 nitrogen and oxygen atoms in total. The Morgan fingerprint density at radius 1 is 0.618 bits per heavy atom. The Morgan fingerprint density at radius 3 is 2.24 bits per heavy atom. The third-order valence-corrected chi connectivity index (χ3v) is 6.45. The van der Waals surface area contributed by atoms with E-state index in [-0.39, 0.29) is 0 Å². The lowest BCUT2D eigenvalue weighted by Crippen LogP contribution is -1.99. The van der Waals surface area contributed by atoms with Crippen molar-refractivity contribution in [2.24, 2.45) is 0 Å². The van der Waals surface area contributed by atoms with Gasteiger partial charge < -0.3 is 4.74 Å². The molecule has 162 valence electrons. The standard InChI is InChI=1S/C29H20N4O/c1-34-21-12-7-11-20(17-21)33-26-15-8-16-30-27(26)24-18-23-22-13-5-6-14-25(22)32(28(23)31-29(24)33)19-9-3-2-4-10-19/h2-18H,1H3. The van der Waals surface area contributed by atoms with Gasteiger partial charge in [0.15, 0.2) is 0 Å². The van der Waals surface area contributed by atoms with E-state index in [2.05, 4.69) is 75.9 Å². The van der Waals surface area contributed by atoms with Crippen molar-refractivity contribution < 1.29 is 4.74 Å². The molecule has 7 rings (SSSR count). The summed E-state index contributed by atoms with van der Waals surface area (Å²) in [5, 5.41) is 3.32. The van der Waals surface area contributed by atoms with Crippen molar-refractivity contribution >= 4 is 44.0 Å². The Labute approximate surface area is 195 Å². The molecule has 0 fully saturated rings. The minimum absolute atomic E-state index is 0.802. The maximum absolute atomic E-state index is 5.51. The van der Waals surface area contributed by atoms with Gasteiger partial charge in [0.1, 0.15) is 17.0 Å². The Bertz CT molecular complexity index is 1850. The Morgan fingerprint density at radius 2 is 1.35 bits per heavy atom. The summed E-state index contributed by atoms with van der Waals surface area (Å²) in [7, 11) is 1.69. The van der Waals surface area contributed by atoms with Crippen LogP contribution in [0.15, 0.2) is 103 Å². The topological polar surface area (TPSA) is 44.9 Å². The molecular weight excluding hydrogens is 420 g/mol. The number of methoxy groups -OCH3 is 1. The van der Waals surface area contributed by atoms with E-state index in [1.165, 1.54) is 5.39 Å². The number of hydrogen-bond acceptors (Lipinski definition) is 3. The monoisotopic (exact) mass is 440 g/mol. The van der Waals surface area contributed by atoms with Gasteiger partial charge in [-0.25, -0.2) is 4.98 Å². The van der Waals surface area contributed by atoms with Gasteiger partial charge in [0.2, 0.25) is 0 Å². The second-order valence-corrected chi connectivity index (χ2v) is 8.33. The zero-order valence-electron chi connectivity index (χ0n) is 18.5. The SMILES string of the molecule is COc1cccc(-n2c3cccnc3c3cc4c5ccccc5n(-c5ccccc5)c4nc32)c1. The van der Waals surface area contributed by atoms with E-state index in [4.69, 9.17) is 14.7 Å². The molecule has 3 aromatic carbocycles. The molecule has 0 bridgehead atoms. The largest absolute Gasteiger partial charge is 0.497 e. The summed E-state index contributed by atoms with van der Waals surface area (Å²) in [6.07, 6.45) is 1.84. The van der Waals surface area contributed by atoms with Gasteiger partial charge in [0.25, 0.3) is 0 Å². The van der Waals surface area contributed by atoms with E-state index < -0.39 is 0 Å². The molecule has 5 heteroatoms. The van der Waals surface area contributed by atoms with Crippen LogP contribution in [0.1, 0.15) is 0 Å². The lowest BCUT2D eigenvalue weighted by Gasteiger charge is -2.10. The van der Waals surface area contributed by atoms with Gasteiger partial charge in [-0.3, -0.25) is 14.1 Å². The van der Waals surface area contributed by atoms with Gasteiger partial charge in [0, 0.05) is 34.1 Å². The predicted octanol–water partition coefficient (Wildman–Crippen LogP) is 6.68. The summed E-state index contributed by atoms with van der Waals surface area (Å²) < 4.78 is 9.93. The van der Waals surface area contributed by atoms with Crippen LogP contribution in [0.3, 0.4) is 0 Å². The first kappa shape index (κ1) is 18.9. The molecule has 4 aromatic heterocycles. The molecule has 0 N–H and O–H groups in total. The Kier molecular flexibility index (Phi) is 3.99. The minimum atomic E-state index is 0.802. The zero-order chi connectivity index (χ0) is 22.6. The van der Waals surface area contributed by atoms with Crippen molar-refractivity contribution in [3.05, 3.63) is 103 Å². The molecule has 4 heterocycles. The predicted molar refractivity (Wildman–Crippen MR) is 137 cm³/mol. The van der Waals surface area contributed by atoms with Crippen molar-refractivity contribution in [1.29, 1.82) is 0 Å². The van der Waals surface area contributed by atoms with Gasteiger partial charge in [0.05, 0.1) is 29.3 Å². The number of hydrogen-bond donors (Lipinski definition) is 0. The summed E-state index contributed by atoms with van der Waals surface area (Å²) in [4.78, 5) is 10.1. The van der Waals surface area contributed by atoms with Crippen LogP contribution in [0.5, 0.6) is 5.75 Å². The van der Waals surface area contributed by atoms with E-state index in [1.807, 2.05) is 36.5 Å². The van der Waals surface area contributed by atoms with Crippen molar-refractivity contribution in [3.8, 4) is 17.1 Å². The average molecular weight is 441 g/mol. The number of para-hydroxylation sites is 2. The Balaban J connectivity index is 1.68. The van der Waals surface area contributed by atoms with E-state index in [9.17, 15) is 0 Å². The van der Waals surface area contributed by atoms with Gasteiger partial charge >= 0.3 is 0 Å². The van der Waals surface area contributed by atoms with Crippen molar-refractivity contribution in [2.75, 3.05) is 7.11 Å². The number of rotatable bonds is 3. The van der Waals surface area contributed by atoms with Crippen molar-refractivity contribution in [2.45, 2.75) is 0 Å². The molecule has 0 atom stereocenters.